The van der Waals surface area contributed by atoms with Crippen LogP contribution in [0.2, 0.25) is 5.15 Å². The Morgan fingerprint density at radius 1 is 1.39 bits per heavy atom. The van der Waals surface area contributed by atoms with Crippen molar-refractivity contribution < 1.29 is 13.2 Å². The quantitative estimate of drug-likeness (QED) is 0.833. The second-order valence-electron chi connectivity index (χ2n) is 4.12. The molecule has 1 atom stereocenters. The van der Waals surface area contributed by atoms with Crippen LogP contribution >= 0.6 is 23.4 Å². The average Bonchev–Trinajstić information content (AvgIpc) is 2.28. The first-order valence-electron chi connectivity index (χ1n) is 5.54. The van der Waals surface area contributed by atoms with Crippen LogP contribution in [0.3, 0.4) is 0 Å². The van der Waals surface area contributed by atoms with E-state index in [4.69, 9.17) is 11.6 Å². The van der Waals surface area contributed by atoms with E-state index in [9.17, 15) is 13.2 Å². The van der Waals surface area contributed by atoms with E-state index in [-0.39, 0.29) is 17.0 Å². The van der Waals surface area contributed by atoms with Gasteiger partial charge in [0.1, 0.15) is 11.0 Å². The largest absolute Gasteiger partial charge is 0.416 e. The molecule has 1 unspecified atom stereocenters. The monoisotopic (exact) mass is 296 g/mol. The van der Waals surface area contributed by atoms with Gasteiger partial charge in [0.25, 0.3) is 0 Å². The average molecular weight is 297 g/mol. The van der Waals surface area contributed by atoms with E-state index in [0.29, 0.717) is 0 Å². The molecule has 0 aromatic carbocycles. The summed E-state index contributed by atoms with van der Waals surface area (Å²) in [6, 6.07) is 2.00. The Morgan fingerprint density at radius 3 is 2.78 bits per heavy atom. The number of anilines is 1. The van der Waals surface area contributed by atoms with Gasteiger partial charge in [-0.15, -0.1) is 0 Å². The van der Waals surface area contributed by atoms with Gasteiger partial charge in [0.05, 0.1) is 5.56 Å². The van der Waals surface area contributed by atoms with Crippen LogP contribution in [0, 0.1) is 0 Å². The van der Waals surface area contributed by atoms with Crippen LogP contribution in [-0.2, 0) is 6.18 Å². The number of hydrogen-bond acceptors (Lipinski definition) is 3. The van der Waals surface area contributed by atoms with Crippen molar-refractivity contribution in [2.75, 3.05) is 16.8 Å². The Hall–Kier alpha value is -0.620. The second kappa shape index (κ2) is 5.57. The van der Waals surface area contributed by atoms with Gasteiger partial charge in [0, 0.05) is 11.8 Å². The lowest BCUT2D eigenvalue weighted by atomic mass is 10.2. The van der Waals surface area contributed by atoms with Crippen LogP contribution in [0.1, 0.15) is 18.4 Å². The highest BCUT2D eigenvalue weighted by molar-refractivity contribution is 7.99. The molecule has 2 rings (SSSR count). The number of aromatic nitrogens is 1. The zero-order chi connectivity index (χ0) is 13.2. The molecular formula is C11H12ClF3N2S. The molecule has 1 N–H and O–H groups in total. The van der Waals surface area contributed by atoms with Crippen molar-refractivity contribution in [2.45, 2.75) is 25.1 Å². The van der Waals surface area contributed by atoms with Gasteiger partial charge < -0.3 is 5.32 Å². The standard InChI is InChI=1S/C11H12ClF3N2S/c12-9-4-7(11(13,14)15)5-10(17-9)16-8-2-1-3-18-6-8/h4-5,8H,1-3,6H2,(H,16,17). The molecule has 1 saturated heterocycles. The molecule has 0 saturated carbocycles. The first-order valence-corrected chi connectivity index (χ1v) is 7.07. The van der Waals surface area contributed by atoms with Crippen molar-refractivity contribution in [2.24, 2.45) is 0 Å². The van der Waals surface area contributed by atoms with E-state index >= 15 is 0 Å². The van der Waals surface area contributed by atoms with Crippen LogP contribution in [0.4, 0.5) is 19.0 Å². The van der Waals surface area contributed by atoms with Gasteiger partial charge >= 0.3 is 6.18 Å². The minimum absolute atomic E-state index is 0.143. The predicted octanol–water partition coefficient (Wildman–Crippen LogP) is 4.06. The van der Waals surface area contributed by atoms with Gasteiger partial charge in [0.2, 0.25) is 0 Å². The lowest BCUT2D eigenvalue weighted by Crippen LogP contribution is -2.26. The first-order chi connectivity index (χ1) is 8.45. The maximum Gasteiger partial charge on any atom is 0.416 e. The molecular weight excluding hydrogens is 285 g/mol. The van der Waals surface area contributed by atoms with E-state index in [0.717, 1.165) is 36.5 Å². The zero-order valence-corrected chi connectivity index (χ0v) is 11.0. The van der Waals surface area contributed by atoms with E-state index in [2.05, 4.69) is 10.3 Å². The Balaban J connectivity index is 2.14. The third-order valence-electron chi connectivity index (χ3n) is 2.63. The van der Waals surface area contributed by atoms with E-state index in [1.54, 1.807) is 11.8 Å². The third kappa shape index (κ3) is 3.68. The van der Waals surface area contributed by atoms with Gasteiger partial charge in [-0.2, -0.15) is 24.9 Å². The van der Waals surface area contributed by atoms with Gasteiger partial charge in [-0.3, -0.25) is 0 Å². The molecule has 0 spiro atoms. The van der Waals surface area contributed by atoms with Crippen molar-refractivity contribution >= 4 is 29.2 Å². The molecule has 7 heteroatoms. The number of thioether (sulfide) groups is 1. The van der Waals surface area contributed by atoms with Gasteiger partial charge in [-0.25, -0.2) is 4.98 Å². The fraction of sp³-hybridized carbons (Fsp3) is 0.545. The topological polar surface area (TPSA) is 24.9 Å². The highest BCUT2D eigenvalue weighted by Gasteiger charge is 2.31. The summed E-state index contributed by atoms with van der Waals surface area (Å²) < 4.78 is 37.8. The molecule has 1 aromatic heterocycles. The van der Waals surface area contributed by atoms with Gasteiger partial charge in [0.15, 0.2) is 0 Å². The molecule has 1 aliphatic rings. The van der Waals surface area contributed by atoms with Crippen LogP contribution in [0.5, 0.6) is 0 Å². The van der Waals surface area contributed by atoms with Crippen molar-refractivity contribution in [3.8, 4) is 0 Å². The molecule has 1 aromatic rings. The third-order valence-corrected chi connectivity index (χ3v) is 4.04. The first kappa shape index (κ1) is 13.8. The number of nitrogens with one attached hydrogen (secondary N) is 1. The Kier molecular flexibility index (Phi) is 4.27. The van der Waals surface area contributed by atoms with Crippen LogP contribution < -0.4 is 5.32 Å². The molecule has 1 fully saturated rings. The molecule has 2 heterocycles. The van der Waals surface area contributed by atoms with Gasteiger partial charge in [-0.1, -0.05) is 11.6 Å². The molecule has 0 amide bonds. The predicted molar refractivity (Wildman–Crippen MR) is 68.2 cm³/mol. The number of halogens is 4. The summed E-state index contributed by atoms with van der Waals surface area (Å²) in [6.07, 6.45) is -2.39. The SMILES string of the molecule is FC(F)(F)c1cc(Cl)nc(NC2CCCSC2)c1. The summed E-state index contributed by atoms with van der Waals surface area (Å²) in [5, 5.41) is 2.87. The van der Waals surface area contributed by atoms with E-state index in [1.807, 2.05) is 0 Å². The Bertz CT molecular complexity index is 419. The Labute approximate surface area is 112 Å². The Morgan fingerprint density at radius 2 is 2.17 bits per heavy atom. The molecule has 0 bridgehead atoms. The highest BCUT2D eigenvalue weighted by atomic mass is 35.5. The molecule has 1 aliphatic heterocycles. The number of rotatable bonds is 2. The number of hydrogen-bond donors (Lipinski definition) is 1. The fourth-order valence-electron chi connectivity index (χ4n) is 1.80. The van der Waals surface area contributed by atoms with Crippen molar-refractivity contribution in [1.29, 1.82) is 0 Å². The highest BCUT2D eigenvalue weighted by Crippen LogP contribution is 2.32. The fourth-order valence-corrected chi connectivity index (χ4v) is 3.08. The lowest BCUT2D eigenvalue weighted by molar-refractivity contribution is -0.137. The second-order valence-corrected chi connectivity index (χ2v) is 5.66. The molecule has 100 valence electrons. The summed E-state index contributed by atoms with van der Waals surface area (Å²) in [5.41, 5.74) is -0.770. The zero-order valence-electron chi connectivity index (χ0n) is 9.43. The van der Waals surface area contributed by atoms with Crippen LogP contribution in [0.15, 0.2) is 12.1 Å². The lowest BCUT2D eigenvalue weighted by Gasteiger charge is -2.23. The maximum absolute atomic E-state index is 12.6. The smallest absolute Gasteiger partial charge is 0.366 e. The number of alkyl halides is 3. The molecule has 0 aliphatic carbocycles. The van der Waals surface area contributed by atoms with E-state index in [1.165, 1.54) is 0 Å². The van der Waals surface area contributed by atoms with E-state index < -0.39 is 11.7 Å². The summed E-state index contributed by atoms with van der Waals surface area (Å²) in [5.74, 6) is 2.19. The summed E-state index contributed by atoms with van der Waals surface area (Å²) >= 11 is 7.41. The summed E-state index contributed by atoms with van der Waals surface area (Å²) in [6.45, 7) is 0. The van der Waals surface area contributed by atoms with Gasteiger partial charge in [-0.05, 0) is 30.7 Å². The molecule has 18 heavy (non-hydrogen) atoms. The summed E-state index contributed by atoms with van der Waals surface area (Å²) in [7, 11) is 0. The molecule has 2 nitrogen and oxygen atoms in total. The normalized spacial score (nSPS) is 20.8. The summed E-state index contributed by atoms with van der Waals surface area (Å²) in [4.78, 5) is 3.89. The molecule has 0 radical (unpaired) electrons. The maximum atomic E-state index is 12.6. The number of pyridine rings is 1. The van der Waals surface area contributed by atoms with Crippen molar-refractivity contribution in [3.63, 3.8) is 0 Å². The number of nitrogens with zero attached hydrogens (tertiary/aromatic N) is 1. The minimum atomic E-state index is -4.40. The van der Waals surface area contributed by atoms with Crippen molar-refractivity contribution in [3.05, 3.63) is 22.8 Å². The van der Waals surface area contributed by atoms with Crippen LogP contribution in [-0.4, -0.2) is 22.5 Å². The minimum Gasteiger partial charge on any atom is -0.366 e. The van der Waals surface area contributed by atoms with Crippen molar-refractivity contribution in [1.82, 2.24) is 4.98 Å². The van der Waals surface area contributed by atoms with Crippen LogP contribution in [0.25, 0.3) is 0 Å².